The van der Waals surface area contributed by atoms with E-state index in [9.17, 15) is 4.79 Å². The molecule has 0 bridgehead atoms. The molecule has 5 heteroatoms. The van der Waals surface area contributed by atoms with Crippen molar-refractivity contribution in [2.24, 2.45) is 0 Å². The molecule has 0 spiro atoms. The zero-order valence-electron chi connectivity index (χ0n) is 10.9. The number of ether oxygens (including phenoxy) is 2. The van der Waals surface area contributed by atoms with E-state index in [0.29, 0.717) is 22.9 Å². The fourth-order valence-corrected chi connectivity index (χ4v) is 2.33. The van der Waals surface area contributed by atoms with Crippen LogP contribution in [0.3, 0.4) is 0 Å². The summed E-state index contributed by atoms with van der Waals surface area (Å²) in [5.41, 5.74) is 0.593. The molecule has 0 saturated carbocycles. The summed E-state index contributed by atoms with van der Waals surface area (Å²) in [6.45, 7) is 0.748. The Morgan fingerprint density at radius 3 is 3.05 bits per heavy atom. The number of benzene rings is 1. The van der Waals surface area contributed by atoms with Gasteiger partial charge in [0.2, 0.25) is 5.91 Å². The lowest BCUT2D eigenvalue weighted by Crippen LogP contribution is -2.25. The van der Waals surface area contributed by atoms with E-state index in [2.05, 4.69) is 5.32 Å². The number of amides is 1. The Labute approximate surface area is 118 Å². The van der Waals surface area contributed by atoms with Gasteiger partial charge in [-0.1, -0.05) is 11.6 Å². The number of hydrogen-bond donors (Lipinski definition) is 1. The summed E-state index contributed by atoms with van der Waals surface area (Å²) in [6, 6.07) is 5.13. The predicted molar refractivity (Wildman–Crippen MR) is 74.8 cm³/mol. The van der Waals surface area contributed by atoms with Crippen molar-refractivity contribution in [3.63, 3.8) is 0 Å². The number of carbonyl (C=O) groups is 1. The van der Waals surface area contributed by atoms with E-state index < -0.39 is 0 Å². The fraction of sp³-hybridized carbons (Fsp3) is 0.500. The number of carbonyl (C=O) groups excluding carboxylic acids is 1. The van der Waals surface area contributed by atoms with Gasteiger partial charge in [0.15, 0.2) is 0 Å². The minimum Gasteiger partial charge on any atom is -0.495 e. The maximum atomic E-state index is 12.0. The van der Waals surface area contributed by atoms with Crippen LogP contribution in [0, 0.1) is 0 Å². The Morgan fingerprint density at radius 2 is 2.37 bits per heavy atom. The van der Waals surface area contributed by atoms with Crippen molar-refractivity contribution in [3.05, 3.63) is 23.2 Å². The van der Waals surface area contributed by atoms with Gasteiger partial charge >= 0.3 is 0 Å². The highest BCUT2D eigenvalue weighted by molar-refractivity contribution is 6.31. The average molecular weight is 284 g/mol. The lowest BCUT2D eigenvalue weighted by Gasteiger charge is -2.22. The molecule has 1 saturated heterocycles. The quantitative estimate of drug-likeness (QED) is 0.923. The van der Waals surface area contributed by atoms with E-state index in [0.717, 1.165) is 25.9 Å². The van der Waals surface area contributed by atoms with Crippen LogP contribution in [0.2, 0.25) is 5.02 Å². The third-order valence-electron chi connectivity index (χ3n) is 3.12. The summed E-state index contributed by atoms with van der Waals surface area (Å²) < 4.78 is 10.7. The number of anilines is 1. The summed E-state index contributed by atoms with van der Waals surface area (Å²) in [5.74, 6) is 0.523. The molecule has 1 aromatic rings. The number of nitrogens with one attached hydrogen (secondary N) is 1. The molecule has 1 aromatic carbocycles. The van der Waals surface area contributed by atoms with Crippen LogP contribution in [0.5, 0.6) is 5.75 Å². The first-order valence-corrected chi connectivity index (χ1v) is 6.82. The van der Waals surface area contributed by atoms with Gasteiger partial charge in [0, 0.05) is 11.6 Å². The zero-order valence-corrected chi connectivity index (χ0v) is 11.7. The Hall–Kier alpha value is -1.26. The number of methoxy groups -OCH3 is 1. The van der Waals surface area contributed by atoms with Gasteiger partial charge in [0.1, 0.15) is 5.75 Å². The number of rotatable bonds is 4. The van der Waals surface area contributed by atoms with Crippen LogP contribution >= 0.6 is 11.6 Å². The van der Waals surface area contributed by atoms with Crippen LogP contribution < -0.4 is 10.1 Å². The van der Waals surface area contributed by atoms with Gasteiger partial charge in [0.25, 0.3) is 0 Å². The van der Waals surface area contributed by atoms with Crippen LogP contribution in [0.15, 0.2) is 18.2 Å². The minimum absolute atomic E-state index is 0.0268. The molecule has 104 valence electrons. The van der Waals surface area contributed by atoms with E-state index in [-0.39, 0.29) is 12.0 Å². The molecule has 1 heterocycles. The molecule has 1 unspecified atom stereocenters. The van der Waals surface area contributed by atoms with Gasteiger partial charge in [-0.3, -0.25) is 4.79 Å². The van der Waals surface area contributed by atoms with Crippen LogP contribution in [0.1, 0.15) is 25.7 Å². The van der Waals surface area contributed by atoms with Crippen molar-refractivity contribution in [2.75, 3.05) is 19.0 Å². The van der Waals surface area contributed by atoms with Gasteiger partial charge in [-0.2, -0.15) is 0 Å². The largest absolute Gasteiger partial charge is 0.495 e. The second-order valence-corrected chi connectivity index (χ2v) is 5.02. The molecule has 0 aromatic heterocycles. The summed E-state index contributed by atoms with van der Waals surface area (Å²) in [5, 5.41) is 3.38. The molecule has 0 aliphatic carbocycles. The molecule has 1 atom stereocenters. The van der Waals surface area contributed by atoms with Crippen molar-refractivity contribution < 1.29 is 14.3 Å². The maximum Gasteiger partial charge on any atom is 0.227 e. The highest BCUT2D eigenvalue weighted by Gasteiger charge is 2.18. The summed E-state index contributed by atoms with van der Waals surface area (Å²) in [4.78, 5) is 12.0. The Bertz CT molecular complexity index is 444. The van der Waals surface area contributed by atoms with E-state index in [4.69, 9.17) is 21.1 Å². The minimum atomic E-state index is -0.0764. The number of halogens is 1. The first kappa shape index (κ1) is 14.2. The summed E-state index contributed by atoms with van der Waals surface area (Å²) in [7, 11) is 1.56. The van der Waals surface area contributed by atoms with Crippen LogP contribution in [0.25, 0.3) is 0 Å². The van der Waals surface area contributed by atoms with Crippen LogP contribution in [-0.4, -0.2) is 25.7 Å². The third-order valence-corrected chi connectivity index (χ3v) is 3.36. The lowest BCUT2D eigenvalue weighted by atomic mass is 10.1. The highest BCUT2D eigenvalue weighted by atomic mass is 35.5. The summed E-state index contributed by atoms with van der Waals surface area (Å²) in [6.07, 6.45) is 3.55. The second-order valence-electron chi connectivity index (χ2n) is 4.59. The van der Waals surface area contributed by atoms with Gasteiger partial charge in [-0.25, -0.2) is 0 Å². The molecular formula is C14H18ClNO3. The zero-order chi connectivity index (χ0) is 13.7. The normalized spacial score (nSPS) is 18.9. The molecule has 1 aliphatic heterocycles. The second kappa shape index (κ2) is 6.78. The summed E-state index contributed by atoms with van der Waals surface area (Å²) >= 11 is 5.92. The number of hydrogen-bond acceptors (Lipinski definition) is 3. The van der Waals surface area contributed by atoms with E-state index in [1.165, 1.54) is 0 Å². The molecule has 19 heavy (non-hydrogen) atoms. The van der Waals surface area contributed by atoms with Gasteiger partial charge in [-0.05, 0) is 37.5 Å². The van der Waals surface area contributed by atoms with E-state index in [1.54, 1.807) is 25.3 Å². The smallest absolute Gasteiger partial charge is 0.227 e. The van der Waals surface area contributed by atoms with Crippen molar-refractivity contribution in [1.82, 2.24) is 0 Å². The first-order valence-electron chi connectivity index (χ1n) is 6.44. The molecule has 1 N–H and O–H groups in total. The van der Waals surface area contributed by atoms with Gasteiger partial charge < -0.3 is 14.8 Å². The van der Waals surface area contributed by atoms with Crippen molar-refractivity contribution in [3.8, 4) is 5.75 Å². The Balaban J connectivity index is 1.95. The van der Waals surface area contributed by atoms with Crippen LogP contribution in [0.4, 0.5) is 5.69 Å². The van der Waals surface area contributed by atoms with Crippen molar-refractivity contribution >= 4 is 23.2 Å². The van der Waals surface area contributed by atoms with Crippen LogP contribution in [-0.2, 0) is 9.53 Å². The molecule has 1 aliphatic rings. The monoisotopic (exact) mass is 283 g/mol. The van der Waals surface area contributed by atoms with Crippen molar-refractivity contribution in [2.45, 2.75) is 31.8 Å². The molecule has 2 rings (SSSR count). The topological polar surface area (TPSA) is 47.6 Å². The Kier molecular flexibility index (Phi) is 5.05. The average Bonchev–Trinajstić information content (AvgIpc) is 2.40. The highest BCUT2D eigenvalue weighted by Crippen LogP contribution is 2.28. The molecule has 4 nitrogen and oxygen atoms in total. The molecule has 1 amide bonds. The van der Waals surface area contributed by atoms with E-state index >= 15 is 0 Å². The van der Waals surface area contributed by atoms with E-state index in [1.807, 2.05) is 0 Å². The molecule has 1 fully saturated rings. The Morgan fingerprint density at radius 1 is 1.53 bits per heavy atom. The van der Waals surface area contributed by atoms with Crippen molar-refractivity contribution in [1.29, 1.82) is 0 Å². The third kappa shape index (κ3) is 4.11. The molecule has 0 radical (unpaired) electrons. The standard InChI is InChI=1S/C14H18ClNO3/c1-18-13-6-5-10(15)8-12(13)16-14(17)9-11-4-2-3-7-19-11/h5-6,8,11H,2-4,7,9H2,1H3,(H,16,17). The fourth-order valence-electron chi connectivity index (χ4n) is 2.15. The van der Waals surface area contributed by atoms with Gasteiger partial charge in [-0.15, -0.1) is 0 Å². The predicted octanol–water partition coefficient (Wildman–Crippen LogP) is 3.25. The lowest BCUT2D eigenvalue weighted by molar-refractivity contribution is -0.119. The maximum absolute atomic E-state index is 12.0. The SMILES string of the molecule is COc1ccc(Cl)cc1NC(=O)CC1CCCCO1. The molecular weight excluding hydrogens is 266 g/mol. The van der Waals surface area contributed by atoms with Gasteiger partial charge in [0.05, 0.1) is 25.3 Å². The first-order chi connectivity index (χ1) is 9.19.